The van der Waals surface area contributed by atoms with Crippen LogP contribution in [-0.4, -0.2) is 12.6 Å². The number of carbonyl (C=O) groups is 1. The first-order valence-electron chi connectivity index (χ1n) is 7.88. The molecule has 0 N–H and O–H groups in total. The van der Waals surface area contributed by atoms with Crippen LogP contribution < -0.4 is 0 Å². The molecule has 4 heteroatoms. The first-order chi connectivity index (χ1) is 11.5. The lowest BCUT2D eigenvalue weighted by atomic mass is 9.98. The van der Waals surface area contributed by atoms with Crippen molar-refractivity contribution in [3.05, 3.63) is 70.2 Å². The van der Waals surface area contributed by atoms with Gasteiger partial charge in [-0.3, -0.25) is 0 Å². The number of benzene rings is 2. The van der Waals surface area contributed by atoms with Crippen molar-refractivity contribution in [1.82, 2.24) is 0 Å². The van der Waals surface area contributed by atoms with E-state index >= 15 is 0 Å². The molecule has 1 atom stereocenters. The lowest BCUT2D eigenvalue weighted by molar-refractivity contribution is -0.137. The molecule has 0 heterocycles. The van der Waals surface area contributed by atoms with Crippen molar-refractivity contribution in [3.63, 3.8) is 0 Å². The molecule has 0 unspecified atom stereocenters. The zero-order valence-electron chi connectivity index (χ0n) is 13.8. The minimum Gasteiger partial charge on any atom is -0.463 e. The second kappa shape index (κ2) is 8.91. The molecular weight excluding hydrogens is 343 g/mol. The van der Waals surface area contributed by atoms with E-state index < -0.39 is 0 Å². The Labute approximate surface area is 153 Å². The number of halogens is 2. The van der Waals surface area contributed by atoms with E-state index in [2.05, 4.69) is 31.2 Å². The van der Waals surface area contributed by atoms with Gasteiger partial charge in [0.25, 0.3) is 0 Å². The van der Waals surface area contributed by atoms with Gasteiger partial charge in [0.2, 0.25) is 0 Å². The van der Waals surface area contributed by atoms with Crippen molar-refractivity contribution >= 4 is 29.2 Å². The first kappa shape index (κ1) is 18.6. The van der Waals surface area contributed by atoms with E-state index in [0.29, 0.717) is 16.7 Å². The highest BCUT2D eigenvalue weighted by Gasteiger charge is 2.04. The van der Waals surface area contributed by atoms with Crippen LogP contribution in [0.15, 0.2) is 54.6 Å². The third kappa shape index (κ3) is 5.70. The summed E-state index contributed by atoms with van der Waals surface area (Å²) < 4.78 is 4.88. The van der Waals surface area contributed by atoms with Gasteiger partial charge < -0.3 is 4.74 Å². The van der Waals surface area contributed by atoms with Crippen molar-refractivity contribution in [2.75, 3.05) is 6.61 Å². The molecule has 0 radical (unpaired) electrons. The molecule has 0 aliphatic rings. The summed E-state index contributed by atoms with van der Waals surface area (Å²) in [5.41, 5.74) is 3.26. The molecule has 2 rings (SSSR count). The SMILES string of the molecule is CCOC(=O)/C=C/[C@H](C)Cc1ccc(-c2cc(Cl)cc(Cl)c2)cc1. The van der Waals surface area contributed by atoms with Gasteiger partial charge >= 0.3 is 5.97 Å². The maximum atomic E-state index is 11.3. The standard InChI is InChI=1S/C20H20Cl2O2/c1-3-24-20(23)9-4-14(2)10-15-5-7-16(8-6-15)17-11-18(21)13-19(22)12-17/h4-9,11-14H,3,10H2,1-2H3/b9-4+/t14-/m0/s1. The maximum absolute atomic E-state index is 11.3. The van der Waals surface area contributed by atoms with Gasteiger partial charge in [-0.1, -0.05) is 60.5 Å². The minimum absolute atomic E-state index is 0.251. The van der Waals surface area contributed by atoms with Crippen molar-refractivity contribution in [3.8, 4) is 11.1 Å². The lowest BCUT2D eigenvalue weighted by Gasteiger charge is -2.08. The van der Waals surface area contributed by atoms with E-state index in [0.717, 1.165) is 17.5 Å². The lowest BCUT2D eigenvalue weighted by Crippen LogP contribution is -2.02. The van der Waals surface area contributed by atoms with Crippen LogP contribution in [-0.2, 0) is 16.0 Å². The van der Waals surface area contributed by atoms with E-state index in [-0.39, 0.29) is 11.9 Å². The number of carbonyl (C=O) groups excluding carboxylic acids is 1. The Bertz CT molecular complexity index is 701. The van der Waals surface area contributed by atoms with E-state index in [1.165, 1.54) is 11.6 Å². The predicted molar refractivity (Wildman–Crippen MR) is 101 cm³/mol. The number of hydrogen-bond donors (Lipinski definition) is 0. The van der Waals surface area contributed by atoms with Gasteiger partial charge in [-0.2, -0.15) is 0 Å². The number of ether oxygens (including phenoxy) is 1. The average molecular weight is 363 g/mol. The fraction of sp³-hybridized carbons (Fsp3) is 0.250. The Kier molecular flexibility index (Phi) is 6.89. The summed E-state index contributed by atoms with van der Waals surface area (Å²) >= 11 is 12.1. The summed E-state index contributed by atoms with van der Waals surface area (Å²) in [5, 5.41) is 1.25. The smallest absolute Gasteiger partial charge is 0.330 e. The number of allylic oxidation sites excluding steroid dienone is 1. The molecule has 0 aliphatic heterocycles. The molecule has 0 aromatic heterocycles. The van der Waals surface area contributed by atoms with Gasteiger partial charge in [0.05, 0.1) is 6.61 Å². The summed E-state index contributed by atoms with van der Waals surface area (Å²) in [4.78, 5) is 11.3. The Morgan fingerprint density at radius 3 is 2.29 bits per heavy atom. The van der Waals surface area contributed by atoms with Crippen LogP contribution in [0.3, 0.4) is 0 Å². The monoisotopic (exact) mass is 362 g/mol. The first-order valence-corrected chi connectivity index (χ1v) is 8.64. The fourth-order valence-electron chi connectivity index (χ4n) is 2.43. The molecule has 0 amide bonds. The number of rotatable bonds is 6. The second-order valence-electron chi connectivity index (χ2n) is 5.65. The zero-order chi connectivity index (χ0) is 17.5. The molecule has 0 fully saturated rings. The normalized spacial score (nSPS) is 12.3. The maximum Gasteiger partial charge on any atom is 0.330 e. The Balaban J connectivity index is 2.02. The average Bonchev–Trinajstić information content (AvgIpc) is 2.53. The fourth-order valence-corrected chi connectivity index (χ4v) is 2.95. The molecule has 2 nitrogen and oxygen atoms in total. The Hall–Kier alpha value is -1.77. The van der Waals surface area contributed by atoms with Gasteiger partial charge in [0.1, 0.15) is 0 Å². The molecule has 24 heavy (non-hydrogen) atoms. The van der Waals surface area contributed by atoms with Crippen LogP contribution in [0.2, 0.25) is 10.0 Å². The zero-order valence-corrected chi connectivity index (χ0v) is 15.3. The highest BCUT2D eigenvalue weighted by molar-refractivity contribution is 6.35. The minimum atomic E-state index is -0.294. The molecule has 0 saturated heterocycles. The van der Waals surface area contributed by atoms with Crippen LogP contribution >= 0.6 is 23.2 Å². The van der Waals surface area contributed by atoms with Gasteiger partial charge in [-0.25, -0.2) is 4.79 Å². The molecule has 0 aliphatic carbocycles. The molecule has 126 valence electrons. The number of esters is 1. The van der Waals surface area contributed by atoms with E-state index in [4.69, 9.17) is 27.9 Å². The van der Waals surface area contributed by atoms with Gasteiger partial charge in [0.15, 0.2) is 0 Å². The van der Waals surface area contributed by atoms with Gasteiger partial charge in [0, 0.05) is 16.1 Å². The van der Waals surface area contributed by atoms with Crippen LogP contribution in [0, 0.1) is 5.92 Å². The third-order valence-corrected chi connectivity index (χ3v) is 3.99. The predicted octanol–water partition coefficient (Wildman–Crippen LogP) is 5.96. The van der Waals surface area contributed by atoms with Crippen LogP contribution in [0.5, 0.6) is 0 Å². The van der Waals surface area contributed by atoms with Crippen molar-refractivity contribution in [2.24, 2.45) is 5.92 Å². The second-order valence-corrected chi connectivity index (χ2v) is 6.52. The molecular formula is C20H20Cl2O2. The highest BCUT2D eigenvalue weighted by atomic mass is 35.5. The van der Waals surface area contributed by atoms with Crippen LogP contribution in [0.4, 0.5) is 0 Å². The largest absolute Gasteiger partial charge is 0.463 e. The summed E-state index contributed by atoms with van der Waals surface area (Å²) in [6.07, 6.45) is 4.23. The van der Waals surface area contributed by atoms with E-state index in [1.54, 1.807) is 13.0 Å². The van der Waals surface area contributed by atoms with E-state index in [1.807, 2.05) is 18.2 Å². The van der Waals surface area contributed by atoms with Crippen molar-refractivity contribution in [2.45, 2.75) is 20.3 Å². The van der Waals surface area contributed by atoms with E-state index in [9.17, 15) is 4.79 Å². The molecule has 0 saturated carbocycles. The van der Waals surface area contributed by atoms with Crippen LogP contribution in [0.25, 0.3) is 11.1 Å². The van der Waals surface area contributed by atoms with Gasteiger partial charge in [-0.05, 0) is 54.2 Å². The summed E-state index contributed by atoms with van der Waals surface area (Å²) in [6.45, 7) is 4.26. The topological polar surface area (TPSA) is 26.3 Å². The van der Waals surface area contributed by atoms with Gasteiger partial charge in [-0.15, -0.1) is 0 Å². The summed E-state index contributed by atoms with van der Waals surface area (Å²) in [7, 11) is 0. The Morgan fingerprint density at radius 1 is 1.08 bits per heavy atom. The summed E-state index contributed by atoms with van der Waals surface area (Å²) in [6, 6.07) is 13.8. The third-order valence-electron chi connectivity index (χ3n) is 3.55. The van der Waals surface area contributed by atoms with Crippen molar-refractivity contribution in [1.29, 1.82) is 0 Å². The van der Waals surface area contributed by atoms with Crippen LogP contribution in [0.1, 0.15) is 19.4 Å². The summed E-state index contributed by atoms with van der Waals surface area (Å²) in [5.74, 6) is -0.0431. The molecule has 2 aromatic rings. The number of hydrogen-bond acceptors (Lipinski definition) is 2. The molecule has 2 aromatic carbocycles. The highest BCUT2D eigenvalue weighted by Crippen LogP contribution is 2.27. The molecule has 0 spiro atoms. The molecule has 0 bridgehead atoms. The van der Waals surface area contributed by atoms with Crippen molar-refractivity contribution < 1.29 is 9.53 Å². The quantitative estimate of drug-likeness (QED) is 0.468. The Morgan fingerprint density at radius 2 is 1.71 bits per heavy atom.